The fourth-order valence-corrected chi connectivity index (χ4v) is 3.54. The molecule has 0 N–H and O–H groups in total. The van der Waals surface area contributed by atoms with Gasteiger partial charge in [0.15, 0.2) is 9.84 Å². The third kappa shape index (κ3) is 2.43. The summed E-state index contributed by atoms with van der Waals surface area (Å²) in [6.07, 6.45) is 0. The van der Waals surface area contributed by atoms with Crippen LogP contribution in [0.2, 0.25) is 0 Å². The molecule has 19 heavy (non-hydrogen) atoms. The third-order valence-electron chi connectivity index (χ3n) is 3.47. The molecule has 0 saturated carbocycles. The smallest absolute Gasteiger partial charge is 0.187 e. The van der Waals surface area contributed by atoms with Crippen molar-refractivity contribution >= 4 is 9.84 Å². The molecule has 0 unspecified atom stereocenters. The summed E-state index contributed by atoms with van der Waals surface area (Å²) in [6, 6.07) is 16.3. The zero-order valence-electron chi connectivity index (χ0n) is 11.4. The van der Waals surface area contributed by atoms with Crippen molar-refractivity contribution in [1.82, 2.24) is 0 Å². The van der Waals surface area contributed by atoms with Gasteiger partial charge in [0.1, 0.15) is 0 Å². The predicted octanol–water partition coefficient (Wildman–Crippen LogP) is 3.70. The lowest BCUT2D eigenvalue weighted by atomic mass is 10.0. The molecule has 0 aromatic heterocycles. The highest BCUT2D eigenvalue weighted by atomic mass is 32.2. The van der Waals surface area contributed by atoms with Crippen LogP contribution in [0.5, 0.6) is 0 Å². The Balaban J connectivity index is 2.53. The summed E-state index contributed by atoms with van der Waals surface area (Å²) in [4.78, 5) is 0.368. The van der Waals surface area contributed by atoms with Gasteiger partial charge in [-0.15, -0.1) is 0 Å². The van der Waals surface area contributed by atoms with E-state index in [4.69, 9.17) is 0 Å². The highest BCUT2D eigenvalue weighted by molar-refractivity contribution is 7.92. The van der Waals surface area contributed by atoms with Gasteiger partial charge in [-0.1, -0.05) is 48.0 Å². The molecule has 100 valence electrons. The second kappa shape index (κ2) is 4.82. The lowest BCUT2D eigenvalue weighted by Gasteiger charge is -2.25. The van der Waals surface area contributed by atoms with Crippen molar-refractivity contribution in [1.29, 1.82) is 0 Å². The van der Waals surface area contributed by atoms with E-state index in [2.05, 4.69) is 0 Å². The van der Waals surface area contributed by atoms with E-state index in [1.54, 1.807) is 26.0 Å². The molecule has 0 radical (unpaired) electrons. The molecule has 2 rings (SSSR count). The van der Waals surface area contributed by atoms with E-state index >= 15 is 0 Å². The van der Waals surface area contributed by atoms with Crippen LogP contribution in [0.15, 0.2) is 59.5 Å². The van der Waals surface area contributed by atoms with Crippen LogP contribution in [0, 0.1) is 6.92 Å². The SMILES string of the molecule is Cc1ccc(S(=O)(=O)C(C)(C)c2ccccc2)cc1. The summed E-state index contributed by atoms with van der Waals surface area (Å²) in [5, 5.41) is 0. The van der Waals surface area contributed by atoms with Gasteiger partial charge < -0.3 is 0 Å². The fraction of sp³-hybridized carbons (Fsp3) is 0.250. The van der Waals surface area contributed by atoms with Gasteiger partial charge in [-0.3, -0.25) is 0 Å². The Morgan fingerprint density at radius 1 is 0.842 bits per heavy atom. The molecule has 0 heterocycles. The Morgan fingerprint density at radius 2 is 1.37 bits per heavy atom. The lowest BCUT2D eigenvalue weighted by molar-refractivity contribution is 0.555. The second-order valence-corrected chi connectivity index (χ2v) is 7.69. The fourth-order valence-electron chi connectivity index (χ4n) is 2.01. The Labute approximate surface area is 115 Å². The van der Waals surface area contributed by atoms with Crippen LogP contribution >= 0.6 is 0 Å². The Morgan fingerprint density at radius 3 is 1.89 bits per heavy atom. The van der Waals surface area contributed by atoms with Crippen LogP contribution in [0.1, 0.15) is 25.0 Å². The van der Waals surface area contributed by atoms with E-state index in [1.807, 2.05) is 49.4 Å². The number of hydrogen-bond donors (Lipinski definition) is 0. The minimum absolute atomic E-state index is 0.368. The second-order valence-electron chi connectivity index (χ2n) is 5.19. The molecule has 0 aliphatic heterocycles. The summed E-state index contributed by atoms with van der Waals surface area (Å²) in [7, 11) is -3.41. The van der Waals surface area contributed by atoms with Crippen LogP contribution in [0.3, 0.4) is 0 Å². The van der Waals surface area contributed by atoms with Gasteiger partial charge in [0.05, 0.1) is 9.64 Å². The minimum Gasteiger partial charge on any atom is -0.223 e. The summed E-state index contributed by atoms with van der Waals surface area (Å²) >= 11 is 0. The number of aryl methyl sites for hydroxylation is 1. The van der Waals surface area contributed by atoms with Gasteiger partial charge in [-0.25, -0.2) is 8.42 Å². The maximum atomic E-state index is 12.8. The predicted molar refractivity (Wildman–Crippen MR) is 77.8 cm³/mol. The van der Waals surface area contributed by atoms with E-state index in [-0.39, 0.29) is 0 Å². The third-order valence-corrected chi connectivity index (χ3v) is 5.94. The van der Waals surface area contributed by atoms with Crippen molar-refractivity contribution in [2.45, 2.75) is 30.4 Å². The quantitative estimate of drug-likeness (QED) is 0.855. The molecule has 0 atom stereocenters. The summed E-state index contributed by atoms with van der Waals surface area (Å²) in [5.41, 5.74) is 1.85. The topological polar surface area (TPSA) is 34.1 Å². The lowest BCUT2D eigenvalue weighted by Crippen LogP contribution is -2.29. The van der Waals surface area contributed by atoms with Crippen molar-refractivity contribution in [2.75, 3.05) is 0 Å². The zero-order chi connectivity index (χ0) is 14.1. The molecule has 2 aromatic carbocycles. The van der Waals surface area contributed by atoms with Gasteiger partial charge in [-0.2, -0.15) is 0 Å². The van der Waals surface area contributed by atoms with Crippen LogP contribution in [-0.4, -0.2) is 8.42 Å². The maximum absolute atomic E-state index is 12.8. The molecule has 0 amide bonds. The first kappa shape index (κ1) is 13.8. The van der Waals surface area contributed by atoms with Crippen LogP contribution in [0.4, 0.5) is 0 Å². The normalized spacial score (nSPS) is 12.4. The molecule has 3 heteroatoms. The molecule has 0 spiro atoms. The number of benzene rings is 2. The van der Waals surface area contributed by atoms with Gasteiger partial charge in [-0.05, 0) is 38.5 Å². The van der Waals surface area contributed by atoms with Crippen molar-refractivity contribution in [3.63, 3.8) is 0 Å². The number of hydrogen-bond acceptors (Lipinski definition) is 2. The Hall–Kier alpha value is -1.61. The van der Waals surface area contributed by atoms with E-state index in [0.717, 1.165) is 11.1 Å². The van der Waals surface area contributed by atoms with Crippen LogP contribution < -0.4 is 0 Å². The van der Waals surface area contributed by atoms with Gasteiger partial charge >= 0.3 is 0 Å². The first-order valence-electron chi connectivity index (χ1n) is 6.22. The largest absolute Gasteiger partial charge is 0.223 e. The van der Waals surface area contributed by atoms with Crippen molar-refractivity contribution in [3.8, 4) is 0 Å². The first-order valence-corrected chi connectivity index (χ1v) is 7.71. The van der Waals surface area contributed by atoms with Gasteiger partial charge in [0, 0.05) is 0 Å². The summed E-state index contributed by atoms with van der Waals surface area (Å²) in [5.74, 6) is 0. The van der Waals surface area contributed by atoms with E-state index in [1.165, 1.54) is 0 Å². The molecule has 0 bridgehead atoms. The molecule has 2 nitrogen and oxygen atoms in total. The molecular formula is C16H18O2S. The Kier molecular flexibility index (Phi) is 3.50. The summed E-state index contributed by atoms with van der Waals surface area (Å²) < 4.78 is 24.6. The van der Waals surface area contributed by atoms with E-state index in [9.17, 15) is 8.42 Å². The monoisotopic (exact) mass is 274 g/mol. The van der Waals surface area contributed by atoms with Crippen molar-refractivity contribution in [2.24, 2.45) is 0 Å². The molecular weight excluding hydrogens is 256 g/mol. The number of rotatable bonds is 3. The molecule has 0 fully saturated rings. The van der Waals surface area contributed by atoms with Crippen LogP contribution in [0.25, 0.3) is 0 Å². The van der Waals surface area contributed by atoms with E-state index in [0.29, 0.717) is 4.90 Å². The van der Waals surface area contributed by atoms with Gasteiger partial charge in [0.25, 0.3) is 0 Å². The highest BCUT2D eigenvalue weighted by Crippen LogP contribution is 2.34. The zero-order valence-corrected chi connectivity index (χ0v) is 12.2. The van der Waals surface area contributed by atoms with Gasteiger partial charge in [0.2, 0.25) is 0 Å². The average Bonchev–Trinajstić information content (AvgIpc) is 2.40. The molecule has 0 aliphatic carbocycles. The van der Waals surface area contributed by atoms with Crippen molar-refractivity contribution < 1.29 is 8.42 Å². The molecule has 0 aliphatic rings. The standard InChI is InChI=1S/C16H18O2S/c1-13-9-11-15(12-10-13)19(17,18)16(2,3)14-7-5-4-6-8-14/h4-12H,1-3H3. The maximum Gasteiger partial charge on any atom is 0.187 e. The van der Waals surface area contributed by atoms with E-state index < -0.39 is 14.6 Å². The first-order chi connectivity index (χ1) is 8.85. The molecule has 2 aromatic rings. The Bertz CT molecular complexity index is 654. The minimum atomic E-state index is -3.41. The average molecular weight is 274 g/mol. The summed E-state index contributed by atoms with van der Waals surface area (Å²) in [6.45, 7) is 5.44. The number of sulfone groups is 1. The van der Waals surface area contributed by atoms with Crippen molar-refractivity contribution in [3.05, 3.63) is 65.7 Å². The van der Waals surface area contributed by atoms with Crippen LogP contribution in [-0.2, 0) is 14.6 Å². The highest BCUT2D eigenvalue weighted by Gasteiger charge is 2.37. The molecule has 0 saturated heterocycles.